The van der Waals surface area contributed by atoms with Gasteiger partial charge in [-0.1, -0.05) is 0 Å². The lowest BCUT2D eigenvalue weighted by Gasteiger charge is -2.06. The molecular weight excluding hydrogens is 190 g/mol. The second-order valence-corrected chi connectivity index (χ2v) is 3.51. The topological polar surface area (TPSA) is 88.2 Å². The largest absolute Gasteiger partial charge is 0.480 e. The summed E-state index contributed by atoms with van der Waals surface area (Å²) in [5.74, 6) is -0.989. The molecule has 0 aliphatic carbocycles. The zero-order chi connectivity index (χ0) is 9.68. The Morgan fingerprint density at radius 2 is 2.62 bits per heavy atom. The van der Waals surface area contributed by atoms with Crippen LogP contribution in [0.5, 0.6) is 0 Å². The summed E-state index contributed by atoms with van der Waals surface area (Å²) in [7, 11) is 0. The molecule has 0 amide bonds. The van der Waals surface area contributed by atoms with Gasteiger partial charge in [-0.05, 0) is 0 Å². The first-order valence-electron chi connectivity index (χ1n) is 3.76. The Kier molecular flexibility index (Phi) is 3.81. The van der Waals surface area contributed by atoms with Crippen LogP contribution in [0.3, 0.4) is 0 Å². The summed E-state index contributed by atoms with van der Waals surface area (Å²) in [4.78, 5) is 15.3. The molecule has 72 valence electrons. The first-order chi connectivity index (χ1) is 6.20. The Labute approximate surface area is 79.6 Å². The second kappa shape index (κ2) is 4.90. The van der Waals surface area contributed by atoms with Crippen LogP contribution in [0, 0.1) is 0 Å². The zero-order valence-corrected chi connectivity index (χ0v) is 7.75. The summed E-state index contributed by atoms with van der Waals surface area (Å²) in [6, 6.07) is -0.840. The summed E-state index contributed by atoms with van der Waals surface area (Å²) in [6.07, 6.45) is 1.74. The van der Waals surface area contributed by atoms with E-state index < -0.39 is 12.0 Å². The van der Waals surface area contributed by atoms with Crippen molar-refractivity contribution in [1.29, 1.82) is 0 Å². The van der Waals surface area contributed by atoms with Gasteiger partial charge in [0.1, 0.15) is 6.04 Å². The SMILES string of the molecule is NC(CNCc1cncs1)C(=O)O. The van der Waals surface area contributed by atoms with E-state index in [-0.39, 0.29) is 6.54 Å². The Morgan fingerprint density at radius 3 is 3.15 bits per heavy atom. The number of aliphatic carboxylic acids is 1. The maximum absolute atomic E-state index is 10.3. The number of hydrogen-bond donors (Lipinski definition) is 3. The average Bonchev–Trinajstić information content (AvgIpc) is 2.56. The highest BCUT2D eigenvalue weighted by Crippen LogP contribution is 2.03. The monoisotopic (exact) mass is 201 g/mol. The van der Waals surface area contributed by atoms with Gasteiger partial charge in [-0.15, -0.1) is 11.3 Å². The minimum atomic E-state index is -0.989. The molecular formula is C7H11N3O2S. The van der Waals surface area contributed by atoms with Gasteiger partial charge >= 0.3 is 5.97 Å². The van der Waals surface area contributed by atoms with Gasteiger partial charge in [-0.25, -0.2) is 0 Å². The third-order valence-electron chi connectivity index (χ3n) is 1.46. The third-order valence-corrected chi connectivity index (χ3v) is 2.24. The average molecular weight is 201 g/mol. The zero-order valence-electron chi connectivity index (χ0n) is 6.93. The van der Waals surface area contributed by atoms with E-state index in [0.717, 1.165) is 4.88 Å². The number of hydrogen-bond acceptors (Lipinski definition) is 5. The van der Waals surface area contributed by atoms with E-state index in [9.17, 15) is 4.79 Å². The first-order valence-corrected chi connectivity index (χ1v) is 4.64. The summed E-state index contributed by atoms with van der Waals surface area (Å²) in [6.45, 7) is 0.888. The molecule has 5 nitrogen and oxygen atoms in total. The van der Waals surface area contributed by atoms with E-state index in [1.165, 1.54) is 11.3 Å². The molecule has 1 aromatic rings. The van der Waals surface area contributed by atoms with E-state index in [1.54, 1.807) is 11.7 Å². The third kappa shape index (κ3) is 3.49. The van der Waals surface area contributed by atoms with Crippen LogP contribution >= 0.6 is 11.3 Å². The number of carboxylic acids is 1. The van der Waals surface area contributed by atoms with Gasteiger partial charge in [0.05, 0.1) is 5.51 Å². The lowest BCUT2D eigenvalue weighted by molar-refractivity contribution is -0.138. The number of nitrogens with one attached hydrogen (secondary N) is 1. The molecule has 0 aliphatic heterocycles. The minimum absolute atomic E-state index is 0.271. The number of rotatable bonds is 5. The smallest absolute Gasteiger partial charge is 0.321 e. The van der Waals surface area contributed by atoms with Gasteiger partial charge in [-0.3, -0.25) is 9.78 Å². The Morgan fingerprint density at radius 1 is 1.85 bits per heavy atom. The fraction of sp³-hybridized carbons (Fsp3) is 0.429. The predicted octanol–water partition coefficient (Wildman–Crippen LogP) is -0.355. The van der Waals surface area contributed by atoms with Crippen molar-refractivity contribution in [3.8, 4) is 0 Å². The predicted molar refractivity (Wildman–Crippen MR) is 49.4 cm³/mol. The van der Waals surface area contributed by atoms with Gasteiger partial charge in [-0.2, -0.15) is 0 Å². The van der Waals surface area contributed by atoms with Crippen LogP contribution in [0.2, 0.25) is 0 Å². The maximum atomic E-state index is 10.3. The van der Waals surface area contributed by atoms with Crippen LogP contribution in [0.25, 0.3) is 0 Å². The molecule has 4 N–H and O–H groups in total. The standard InChI is InChI=1S/C7H11N3O2S/c8-6(7(11)12)3-9-1-5-2-10-4-13-5/h2,4,6,9H,1,3,8H2,(H,11,12). The molecule has 0 aromatic carbocycles. The maximum Gasteiger partial charge on any atom is 0.321 e. The van der Waals surface area contributed by atoms with E-state index >= 15 is 0 Å². The quantitative estimate of drug-likeness (QED) is 0.605. The van der Waals surface area contributed by atoms with Crippen LogP contribution in [0.4, 0.5) is 0 Å². The van der Waals surface area contributed by atoms with Gasteiger partial charge in [0, 0.05) is 24.2 Å². The van der Waals surface area contributed by atoms with Crippen molar-refractivity contribution >= 4 is 17.3 Å². The molecule has 1 aromatic heterocycles. The van der Waals surface area contributed by atoms with Crippen molar-refractivity contribution in [2.45, 2.75) is 12.6 Å². The van der Waals surface area contributed by atoms with Gasteiger partial charge in [0.25, 0.3) is 0 Å². The van der Waals surface area contributed by atoms with E-state index in [1.807, 2.05) is 0 Å². The molecule has 0 bridgehead atoms. The van der Waals surface area contributed by atoms with Crippen LogP contribution < -0.4 is 11.1 Å². The molecule has 1 atom stereocenters. The molecule has 0 saturated heterocycles. The van der Waals surface area contributed by atoms with Crippen molar-refractivity contribution in [3.63, 3.8) is 0 Å². The summed E-state index contributed by atoms with van der Waals surface area (Å²) in [5, 5.41) is 11.4. The van der Waals surface area contributed by atoms with Crippen molar-refractivity contribution in [2.75, 3.05) is 6.54 Å². The number of nitrogens with zero attached hydrogens (tertiary/aromatic N) is 1. The molecule has 0 saturated carbocycles. The fourth-order valence-electron chi connectivity index (χ4n) is 0.768. The van der Waals surface area contributed by atoms with Crippen LogP contribution in [-0.2, 0) is 11.3 Å². The first kappa shape index (κ1) is 10.1. The molecule has 1 rings (SSSR count). The molecule has 0 aliphatic rings. The van der Waals surface area contributed by atoms with E-state index in [4.69, 9.17) is 10.8 Å². The Hall–Kier alpha value is -0.980. The van der Waals surface area contributed by atoms with Crippen molar-refractivity contribution in [2.24, 2.45) is 5.73 Å². The van der Waals surface area contributed by atoms with Crippen LogP contribution in [0.15, 0.2) is 11.7 Å². The highest BCUT2D eigenvalue weighted by molar-refractivity contribution is 7.09. The number of thiazole rings is 1. The van der Waals surface area contributed by atoms with E-state index in [0.29, 0.717) is 6.54 Å². The number of nitrogens with two attached hydrogens (primary N) is 1. The molecule has 13 heavy (non-hydrogen) atoms. The minimum Gasteiger partial charge on any atom is -0.480 e. The normalized spacial score (nSPS) is 12.7. The molecule has 6 heteroatoms. The van der Waals surface area contributed by atoms with Crippen molar-refractivity contribution in [3.05, 3.63) is 16.6 Å². The van der Waals surface area contributed by atoms with Crippen molar-refractivity contribution in [1.82, 2.24) is 10.3 Å². The number of carbonyl (C=O) groups is 1. The molecule has 0 fully saturated rings. The van der Waals surface area contributed by atoms with Gasteiger partial charge in [0.2, 0.25) is 0 Å². The van der Waals surface area contributed by atoms with Gasteiger partial charge in [0.15, 0.2) is 0 Å². The fourth-order valence-corrected chi connectivity index (χ4v) is 1.33. The lowest BCUT2D eigenvalue weighted by atomic mass is 10.3. The highest BCUT2D eigenvalue weighted by atomic mass is 32.1. The van der Waals surface area contributed by atoms with Crippen LogP contribution in [0.1, 0.15) is 4.88 Å². The lowest BCUT2D eigenvalue weighted by Crippen LogP contribution is -2.39. The molecule has 1 unspecified atom stereocenters. The van der Waals surface area contributed by atoms with Crippen molar-refractivity contribution < 1.29 is 9.90 Å². The molecule has 0 spiro atoms. The highest BCUT2D eigenvalue weighted by Gasteiger charge is 2.09. The summed E-state index contributed by atoms with van der Waals surface area (Å²) in [5.41, 5.74) is 7.01. The Bertz CT molecular complexity index is 263. The molecule has 1 heterocycles. The number of carboxylic acid groups (broad SMARTS) is 1. The molecule has 0 radical (unpaired) electrons. The second-order valence-electron chi connectivity index (χ2n) is 2.54. The van der Waals surface area contributed by atoms with Crippen LogP contribution in [-0.4, -0.2) is 28.6 Å². The van der Waals surface area contributed by atoms with E-state index in [2.05, 4.69) is 10.3 Å². The number of aromatic nitrogens is 1. The Balaban J connectivity index is 2.18. The van der Waals surface area contributed by atoms with Gasteiger partial charge < -0.3 is 16.2 Å². The summed E-state index contributed by atoms with van der Waals surface area (Å²) < 4.78 is 0. The summed E-state index contributed by atoms with van der Waals surface area (Å²) >= 11 is 1.52.